The normalized spacial score (nSPS) is 16.0. The summed E-state index contributed by atoms with van der Waals surface area (Å²) in [5.74, 6) is -1.66. The van der Waals surface area contributed by atoms with Crippen LogP contribution in [0, 0.1) is 0 Å². The highest BCUT2D eigenvalue weighted by Crippen LogP contribution is 2.15. The lowest BCUT2D eigenvalue weighted by Crippen LogP contribution is -2.44. The van der Waals surface area contributed by atoms with E-state index in [2.05, 4.69) is 11.4 Å². The van der Waals surface area contributed by atoms with E-state index in [-0.39, 0.29) is 12.6 Å². The van der Waals surface area contributed by atoms with Gasteiger partial charge in [-0.2, -0.15) is 0 Å². The van der Waals surface area contributed by atoms with Crippen LogP contribution in [0.15, 0.2) is 42.0 Å². The fourth-order valence-electron chi connectivity index (χ4n) is 2.42. The molecular formula is C16H20N2O3. The van der Waals surface area contributed by atoms with Crippen molar-refractivity contribution in [1.29, 1.82) is 0 Å². The van der Waals surface area contributed by atoms with Crippen molar-refractivity contribution in [1.82, 2.24) is 10.2 Å². The summed E-state index contributed by atoms with van der Waals surface area (Å²) in [5.41, 5.74) is 1.86. The second kappa shape index (κ2) is 6.92. The first-order valence-corrected chi connectivity index (χ1v) is 7.04. The average Bonchev–Trinajstić information content (AvgIpc) is 2.48. The van der Waals surface area contributed by atoms with Gasteiger partial charge in [0.2, 0.25) is 0 Å². The largest absolute Gasteiger partial charge is 0.481 e. The van der Waals surface area contributed by atoms with Crippen LogP contribution in [0.4, 0.5) is 4.79 Å². The molecule has 1 aliphatic heterocycles. The molecule has 112 valence electrons. The van der Waals surface area contributed by atoms with E-state index < -0.39 is 11.9 Å². The molecule has 0 radical (unpaired) electrons. The predicted molar refractivity (Wildman–Crippen MR) is 80.2 cm³/mol. The molecule has 1 heterocycles. The molecule has 0 fully saturated rings. The number of rotatable bonds is 4. The van der Waals surface area contributed by atoms with Gasteiger partial charge in [-0.15, -0.1) is 0 Å². The van der Waals surface area contributed by atoms with Crippen LogP contribution in [-0.4, -0.2) is 41.6 Å². The third-order valence-corrected chi connectivity index (χ3v) is 3.58. The van der Waals surface area contributed by atoms with E-state index in [1.54, 1.807) is 29.2 Å². The topological polar surface area (TPSA) is 69.6 Å². The van der Waals surface area contributed by atoms with Crippen LogP contribution in [0.25, 0.3) is 0 Å². The molecule has 0 bridgehead atoms. The second-order valence-electron chi connectivity index (χ2n) is 5.25. The molecular weight excluding hydrogens is 268 g/mol. The van der Waals surface area contributed by atoms with E-state index in [1.807, 2.05) is 13.0 Å². The van der Waals surface area contributed by atoms with Gasteiger partial charge >= 0.3 is 12.0 Å². The minimum Gasteiger partial charge on any atom is -0.481 e. The van der Waals surface area contributed by atoms with Gasteiger partial charge in [0, 0.05) is 19.6 Å². The molecule has 1 unspecified atom stereocenters. The summed E-state index contributed by atoms with van der Waals surface area (Å²) >= 11 is 0. The van der Waals surface area contributed by atoms with Gasteiger partial charge in [0.15, 0.2) is 0 Å². The number of benzene rings is 1. The van der Waals surface area contributed by atoms with E-state index in [0.29, 0.717) is 18.7 Å². The number of nitrogens with one attached hydrogen (secondary N) is 1. The monoisotopic (exact) mass is 288 g/mol. The number of urea groups is 1. The van der Waals surface area contributed by atoms with Crippen molar-refractivity contribution in [2.75, 3.05) is 19.6 Å². The number of aliphatic carboxylic acids is 1. The molecule has 1 atom stereocenters. The van der Waals surface area contributed by atoms with Crippen molar-refractivity contribution in [2.45, 2.75) is 19.3 Å². The van der Waals surface area contributed by atoms with Crippen LogP contribution >= 0.6 is 0 Å². The Hall–Kier alpha value is -2.30. The Morgan fingerprint density at radius 3 is 2.67 bits per heavy atom. The summed E-state index contributed by atoms with van der Waals surface area (Å²) in [7, 11) is 0. The fraction of sp³-hybridized carbons (Fsp3) is 0.375. The number of carboxylic acid groups (broad SMARTS) is 1. The Balaban J connectivity index is 1.95. The lowest BCUT2D eigenvalue weighted by molar-refractivity contribution is -0.138. The Labute approximate surface area is 124 Å². The summed E-state index contributed by atoms with van der Waals surface area (Å²) in [6.45, 7) is 3.36. The van der Waals surface area contributed by atoms with Crippen LogP contribution < -0.4 is 5.32 Å². The molecule has 0 spiro atoms. The number of amides is 2. The Kier molecular flexibility index (Phi) is 4.98. The van der Waals surface area contributed by atoms with Crippen molar-refractivity contribution in [2.24, 2.45) is 0 Å². The fourth-order valence-corrected chi connectivity index (χ4v) is 2.42. The number of nitrogens with zero attached hydrogens (tertiary/aromatic N) is 1. The second-order valence-corrected chi connectivity index (χ2v) is 5.25. The number of hydrogen-bond acceptors (Lipinski definition) is 2. The van der Waals surface area contributed by atoms with Crippen LogP contribution in [-0.2, 0) is 4.79 Å². The lowest BCUT2D eigenvalue weighted by atomic mass is 9.99. The van der Waals surface area contributed by atoms with E-state index >= 15 is 0 Å². The van der Waals surface area contributed by atoms with Gasteiger partial charge in [-0.1, -0.05) is 42.0 Å². The van der Waals surface area contributed by atoms with E-state index in [0.717, 1.165) is 12.0 Å². The van der Waals surface area contributed by atoms with E-state index in [4.69, 9.17) is 0 Å². The molecule has 2 N–H and O–H groups in total. The average molecular weight is 288 g/mol. The summed E-state index contributed by atoms with van der Waals surface area (Å²) < 4.78 is 0. The van der Waals surface area contributed by atoms with Crippen molar-refractivity contribution in [3.63, 3.8) is 0 Å². The quantitative estimate of drug-likeness (QED) is 0.835. The highest BCUT2D eigenvalue weighted by atomic mass is 16.4. The Bertz CT molecular complexity index is 540. The Morgan fingerprint density at radius 1 is 1.33 bits per heavy atom. The Morgan fingerprint density at radius 2 is 2.05 bits per heavy atom. The number of carboxylic acids is 1. The minimum atomic E-state index is -0.934. The molecule has 1 aromatic carbocycles. The number of carbonyl (C=O) groups is 2. The first-order valence-electron chi connectivity index (χ1n) is 7.04. The van der Waals surface area contributed by atoms with Gasteiger partial charge in [-0.25, -0.2) is 4.79 Å². The zero-order chi connectivity index (χ0) is 15.2. The molecule has 1 aliphatic rings. The number of hydrogen-bond donors (Lipinski definition) is 2. The maximum absolute atomic E-state index is 12.1. The van der Waals surface area contributed by atoms with Crippen molar-refractivity contribution in [3.8, 4) is 0 Å². The van der Waals surface area contributed by atoms with E-state index in [1.165, 1.54) is 0 Å². The maximum Gasteiger partial charge on any atom is 0.317 e. The van der Waals surface area contributed by atoms with E-state index in [9.17, 15) is 14.7 Å². The van der Waals surface area contributed by atoms with Gasteiger partial charge < -0.3 is 15.3 Å². The molecule has 0 saturated carbocycles. The van der Waals surface area contributed by atoms with Gasteiger partial charge in [-0.05, 0) is 18.9 Å². The molecule has 21 heavy (non-hydrogen) atoms. The smallest absolute Gasteiger partial charge is 0.317 e. The zero-order valence-corrected chi connectivity index (χ0v) is 12.1. The van der Waals surface area contributed by atoms with Crippen molar-refractivity contribution < 1.29 is 14.7 Å². The van der Waals surface area contributed by atoms with Crippen molar-refractivity contribution >= 4 is 12.0 Å². The zero-order valence-electron chi connectivity index (χ0n) is 12.1. The predicted octanol–water partition coefficient (Wildman–Crippen LogP) is 2.22. The van der Waals surface area contributed by atoms with Crippen LogP contribution in [0.5, 0.6) is 0 Å². The lowest BCUT2D eigenvalue weighted by Gasteiger charge is -2.27. The molecule has 0 aliphatic carbocycles. The standard InChI is InChI=1S/C16H20N2O3/c1-12-6-5-9-18(11-12)16(21)17-10-14(15(19)20)13-7-3-2-4-8-13/h2-4,6-8,14H,5,9-11H2,1H3,(H,17,21)(H,19,20). The van der Waals surface area contributed by atoms with Crippen LogP contribution in [0.3, 0.4) is 0 Å². The molecule has 2 amide bonds. The minimum absolute atomic E-state index is 0.0947. The number of carbonyl (C=O) groups excluding carboxylic acids is 1. The van der Waals surface area contributed by atoms with Crippen LogP contribution in [0.1, 0.15) is 24.8 Å². The third kappa shape index (κ3) is 4.08. The van der Waals surface area contributed by atoms with Crippen LogP contribution in [0.2, 0.25) is 0 Å². The molecule has 0 aromatic heterocycles. The molecule has 2 rings (SSSR count). The summed E-state index contributed by atoms with van der Waals surface area (Å²) in [4.78, 5) is 25.2. The first kappa shape index (κ1) is 15.1. The van der Waals surface area contributed by atoms with Gasteiger partial charge in [0.25, 0.3) is 0 Å². The first-order chi connectivity index (χ1) is 10.1. The molecule has 0 saturated heterocycles. The summed E-state index contributed by atoms with van der Waals surface area (Å²) in [6, 6.07) is 8.75. The SMILES string of the molecule is CC1=CCCN(C(=O)NCC(C(=O)O)c2ccccc2)C1. The maximum atomic E-state index is 12.1. The molecule has 5 heteroatoms. The molecule has 1 aromatic rings. The highest BCUT2D eigenvalue weighted by molar-refractivity contribution is 5.79. The third-order valence-electron chi connectivity index (χ3n) is 3.58. The van der Waals surface area contributed by atoms with Crippen molar-refractivity contribution in [3.05, 3.63) is 47.5 Å². The summed E-state index contributed by atoms with van der Waals surface area (Å²) in [6.07, 6.45) is 2.97. The highest BCUT2D eigenvalue weighted by Gasteiger charge is 2.22. The van der Waals surface area contributed by atoms with Gasteiger partial charge in [0.1, 0.15) is 0 Å². The van der Waals surface area contributed by atoms with Gasteiger partial charge in [0.05, 0.1) is 5.92 Å². The summed E-state index contributed by atoms with van der Waals surface area (Å²) in [5, 5.41) is 12.0. The molecule has 5 nitrogen and oxygen atoms in total. The van der Waals surface area contributed by atoms with Gasteiger partial charge in [-0.3, -0.25) is 4.79 Å².